The van der Waals surface area contributed by atoms with E-state index in [1.807, 2.05) is 67.6 Å². The van der Waals surface area contributed by atoms with E-state index in [0.29, 0.717) is 17.4 Å². The molecule has 6 nitrogen and oxygen atoms in total. The summed E-state index contributed by atoms with van der Waals surface area (Å²) >= 11 is 1.28. The molecule has 0 aliphatic carbocycles. The summed E-state index contributed by atoms with van der Waals surface area (Å²) in [7, 11) is 0. The van der Waals surface area contributed by atoms with Crippen LogP contribution in [0.5, 0.6) is 0 Å². The van der Waals surface area contributed by atoms with Gasteiger partial charge in [-0.2, -0.15) is 0 Å². The molecule has 0 aliphatic rings. The Bertz CT molecular complexity index is 851. The maximum atomic E-state index is 12.2. The Kier molecular flexibility index (Phi) is 5.91. The maximum Gasteiger partial charge on any atom is 0.230 e. The number of aromatic nitrogens is 3. The summed E-state index contributed by atoms with van der Waals surface area (Å²) in [6.45, 7) is 1.96. The SMILES string of the molecule is CC(NC(=O)CSc1nnc(Cc2ccccc2)n1N)c1ccccc1. The van der Waals surface area contributed by atoms with Gasteiger partial charge in [-0.15, -0.1) is 10.2 Å². The van der Waals surface area contributed by atoms with Gasteiger partial charge in [-0.05, 0) is 18.1 Å². The van der Waals surface area contributed by atoms with Crippen molar-refractivity contribution >= 4 is 17.7 Å². The molecule has 0 spiro atoms. The molecule has 1 atom stereocenters. The predicted octanol–water partition coefficient (Wildman–Crippen LogP) is 2.55. The second-order valence-electron chi connectivity index (χ2n) is 5.92. The van der Waals surface area contributed by atoms with Crippen LogP contribution in [0.15, 0.2) is 65.8 Å². The van der Waals surface area contributed by atoms with E-state index in [-0.39, 0.29) is 17.7 Å². The standard InChI is InChI=1S/C19H21N5OS/c1-14(16-10-6-3-7-11-16)21-18(25)13-26-19-23-22-17(24(19)20)12-15-8-4-2-5-9-15/h2-11,14H,12-13,20H2,1H3,(H,21,25). The lowest BCUT2D eigenvalue weighted by Crippen LogP contribution is -2.28. The molecule has 1 aromatic heterocycles. The van der Waals surface area contributed by atoms with E-state index in [2.05, 4.69) is 15.5 Å². The van der Waals surface area contributed by atoms with Crippen LogP contribution >= 0.6 is 11.8 Å². The van der Waals surface area contributed by atoms with Crippen molar-refractivity contribution in [1.82, 2.24) is 20.2 Å². The van der Waals surface area contributed by atoms with Crippen molar-refractivity contribution in [2.45, 2.75) is 24.5 Å². The highest BCUT2D eigenvalue weighted by Gasteiger charge is 2.14. The van der Waals surface area contributed by atoms with Crippen LogP contribution in [-0.4, -0.2) is 26.5 Å². The van der Waals surface area contributed by atoms with Crippen LogP contribution in [0, 0.1) is 0 Å². The van der Waals surface area contributed by atoms with Crippen molar-refractivity contribution in [3.63, 3.8) is 0 Å². The van der Waals surface area contributed by atoms with Crippen LogP contribution < -0.4 is 11.2 Å². The van der Waals surface area contributed by atoms with Crippen molar-refractivity contribution in [2.75, 3.05) is 11.6 Å². The number of thioether (sulfide) groups is 1. The molecule has 26 heavy (non-hydrogen) atoms. The molecule has 0 saturated carbocycles. The number of hydrogen-bond acceptors (Lipinski definition) is 5. The maximum absolute atomic E-state index is 12.2. The number of rotatable bonds is 7. The van der Waals surface area contributed by atoms with E-state index < -0.39 is 0 Å². The quantitative estimate of drug-likeness (QED) is 0.495. The van der Waals surface area contributed by atoms with Gasteiger partial charge < -0.3 is 11.2 Å². The van der Waals surface area contributed by atoms with Gasteiger partial charge in [-0.3, -0.25) is 4.79 Å². The first-order valence-corrected chi connectivity index (χ1v) is 9.32. The number of carbonyl (C=O) groups is 1. The molecule has 3 N–H and O–H groups in total. The Balaban J connectivity index is 1.54. The molecule has 0 aliphatic heterocycles. The molecule has 1 heterocycles. The van der Waals surface area contributed by atoms with Crippen LogP contribution in [-0.2, 0) is 11.2 Å². The van der Waals surface area contributed by atoms with Crippen LogP contribution in [0.4, 0.5) is 0 Å². The van der Waals surface area contributed by atoms with E-state index in [4.69, 9.17) is 5.84 Å². The van der Waals surface area contributed by atoms with E-state index in [0.717, 1.165) is 11.1 Å². The highest BCUT2D eigenvalue weighted by atomic mass is 32.2. The van der Waals surface area contributed by atoms with Gasteiger partial charge in [0.05, 0.1) is 11.8 Å². The second kappa shape index (κ2) is 8.53. The highest BCUT2D eigenvalue weighted by Crippen LogP contribution is 2.17. The zero-order chi connectivity index (χ0) is 18.4. The summed E-state index contributed by atoms with van der Waals surface area (Å²) in [6.07, 6.45) is 0.599. The Morgan fingerprint density at radius 2 is 1.77 bits per heavy atom. The van der Waals surface area contributed by atoms with Crippen molar-refractivity contribution in [2.24, 2.45) is 0 Å². The minimum Gasteiger partial charge on any atom is -0.349 e. The average Bonchev–Trinajstić information content (AvgIpc) is 3.01. The lowest BCUT2D eigenvalue weighted by atomic mass is 10.1. The van der Waals surface area contributed by atoms with Gasteiger partial charge in [0.2, 0.25) is 11.1 Å². The fraction of sp³-hybridized carbons (Fsp3) is 0.211. The number of nitrogens with one attached hydrogen (secondary N) is 1. The molecule has 3 rings (SSSR count). The van der Waals surface area contributed by atoms with Crippen molar-refractivity contribution in [1.29, 1.82) is 0 Å². The molecular formula is C19H21N5OS. The molecule has 1 amide bonds. The zero-order valence-electron chi connectivity index (χ0n) is 14.5. The monoisotopic (exact) mass is 367 g/mol. The number of nitrogens with two attached hydrogens (primary N) is 1. The Morgan fingerprint density at radius 3 is 2.46 bits per heavy atom. The lowest BCUT2D eigenvalue weighted by Gasteiger charge is -2.13. The van der Waals surface area contributed by atoms with Gasteiger partial charge in [0.25, 0.3) is 0 Å². The predicted molar refractivity (Wildman–Crippen MR) is 103 cm³/mol. The number of hydrogen-bond donors (Lipinski definition) is 2. The Morgan fingerprint density at radius 1 is 1.12 bits per heavy atom. The molecule has 2 aromatic carbocycles. The first kappa shape index (κ1) is 18.0. The van der Waals surface area contributed by atoms with Crippen LogP contribution in [0.3, 0.4) is 0 Å². The normalized spacial score (nSPS) is 11.9. The molecule has 0 bridgehead atoms. The summed E-state index contributed by atoms with van der Waals surface area (Å²) in [5, 5.41) is 11.7. The van der Waals surface area contributed by atoms with Gasteiger partial charge in [-0.1, -0.05) is 72.4 Å². The fourth-order valence-electron chi connectivity index (χ4n) is 2.54. The minimum atomic E-state index is -0.0704. The minimum absolute atomic E-state index is 0.0475. The van der Waals surface area contributed by atoms with Gasteiger partial charge in [0, 0.05) is 6.42 Å². The van der Waals surface area contributed by atoms with Crippen molar-refractivity contribution in [3.05, 3.63) is 77.6 Å². The van der Waals surface area contributed by atoms with E-state index >= 15 is 0 Å². The fourth-order valence-corrected chi connectivity index (χ4v) is 3.23. The number of benzene rings is 2. The number of nitrogen functional groups attached to an aromatic ring is 1. The number of carbonyl (C=O) groups excluding carboxylic acids is 1. The smallest absolute Gasteiger partial charge is 0.230 e. The van der Waals surface area contributed by atoms with E-state index in [9.17, 15) is 4.79 Å². The van der Waals surface area contributed by atoms with Gasteiger partial charge in [0.1, 0.15) is 0 Å². The first-order chi connectivity index (χ1) is 12.6. The van der Waals surface area contributed by atoms with Gasteiger partial charge in [-0.25, -0.2) is 4.68 Å². The van der Waals surface area contributed by atoms with Crippen LogP contribution in [0.2, 0.25) is 0 Å². The van der Waals surface area contributed by atoms with Crippen molar-refractivity contribution < 1.29 is 4.79 Å². The zero-order valence-corrected chi connectivity index (χ0v) is 15.3. The van der Waals surface area contributed by atoms with E-state index in [1.54, 1.807) is 0 Å². The summed E-state index contributed by atoms with van der Waals surface area (Å²) in [5.41, 5.74) is 2.18. The average molecular weight is 367 g/mol. The highest BCUT2D eigenvalue weighted by molar-refractivity contribution is 7.99. The molecule has 7 heteroatoms. The second-order valence-corrected chi connectivity index (χ2v) is 6.86. The third-order valence-electron chi connectivity index (χ3n) is 3.95. The van der Waals surface area contributed by atoms with Gasteiger partial charge >= 0.3 is 0 Å². The molecule has 1 unspecified atom stereocenters. The number of nitrogens with zero attached hydrogens (tertiary/aromatic N) is 3. The summed E-state index contributed by atoms with van der Waals surface area (Å²) < 4.78 is 1.45. The van der Waals surface area contributed by atoms with Crippen molar-refractivity contribution in [3.8, 4) is 0 Å². The molecule has 0 fully saturated rings. The molecule has 0 saturated heterocycles. The Labute approximate surface area is 156 Å². The Hall–Kier alpha value is -2.80. The van der Waals surface area contributed by atoms with Crippen LogP contribution in [0.1, 0.15) is 29.9 Å². The summed E-state index contributed by atoms with van der Waals surface area (Å²) in [5.74, 6) is 6.90. The lowest BCUT2D eigenvalue weighted by molar-refractivity contribution is -0.119. The molecular weight excluding hydrogens is 346 g/mol. The topological polar surface area (TPSA) is 85.8 Å². The third-order valence-corrected chi connectivity index (χ3v) is 4.89. The van der Waals surface area contributed by atoms with Gasteiger partial charge in [0.15, 0.2) is 5.82 Å². The molecule has 0 radical (unpaired) electrons. The largest absolute Gasteiger partial charge is 0.349 e. The summed E-state index contributed by atoms with van der Waals surface area (Å²) in [4.78, 5) is 12.2. The first-order valence-electron chi connectivity index (χ1n) is 8.34. The van der Waals surface area contributed by atoms with E-state index in [1.165, 1.54) is 16.4 Å². The molecule has 3 aromatic rings. The molecule has 134 valence electrons. The number of amides is 1. The third kappa shape index (κ3) is 4.64. The summed E-state index contributed by atoms with van der Waals surface area (Å²) in [6, 6.07) is 19.7. The van der Waals surface area contributed by atoms with Crippen LogP contribution in [0.25, 0.3) is 0 Å².